The Morgan fingerprint density at radius 3 is 1.96 bits per heavy atom. The molecule has 2 heterocycles. The molecule has 2 aliphatic heterocycles. The van der Waals surface area contributed by atoms with Crippen LogP contribution in [0.1, 0.15) is 20.7 Å². The molecule has 4 rings (SSSR count). The molecule has 8 nitrogen and oxygen atoms in total. The molecule has 1 unspecified atom stereocenters. The summed E-state index contributed by atoms with van der Waals surface area (Å²) in [5.74, 6) is 0.311. The van der Waals surface area contributed by atoms with E-state index < -0.39 is 17.3 Å². The maximum atomic E-state index is 12.9. The van der Waals surface area contributed by atoms with E-state index in [2.05, 4.69) is 5.16 Å². The number of benzene rings is 2. The number of ether oxygens (including phenoxy) is 2. The van der Waals surface area contributed by atoms with Crippen molar-refractivity contribution in [2.45, 2.75) is 5.72 Å². The quantitative estimate of drug-likeness (QED) is 0.579. The van der Waals surface area contributed by atoms with Crippen LogP contribution in [0.5, 0.6) is 11.5 Å². The van der Waals surface area contributed by atoms with E-state index in [1.807, 2.05) is 0 Å². The zero-order valence-corrected chi connectivity index (χ0v) is 14.0. The molecular weight excluding hydrogens is 340 g/mol. The van der Waals surface area contributed by atoms with E-state index in [-0.39, 0.29) is 5.71 Å². The van der Waals surface area contributed by atoms with Gasteiger partial charge in [-0.05, 0) is 48.5 Å². The largest absolute Gasteiger partial charge is 0.497 e. The van der Waals surface area contributed by atoms with Gasteiger partial charge < -0.3 is 9.47 Å². The Morgan fingerprint density at radius 2 is 1.46 bits per heavy atom. The fraction of sp³-hybridized carbons (Fsp3) is 0.167. The molecular formula is C18H14N2O6. The van der Waals surface area contributed by atoms with E-state index in [1.165, 1.54) is 14.2 Å². The van der Waals surface area contributed by atoms with Gasteiger partial charge in [-0.15, -0.1) is 0 Å². The topological polar surface area (TPSA) is 89.7 Å². The Hall–Kier alpha value is -3.23. The lowest BCUT2D eigenvalue weighted by molar-refractivity contribution is -0.160. The van der Waals surface area contributed by atoms with Crippen LogP contribution in [0.15, 0.2) is 53.7 Å². The van der Waals surface area contributed by atoms with Crippen molar-refractivity contribution in [3.8, 4) is 11.5 Å². The highest BCUT2D eigenvalue weighted by atomic mass is 17.1. The second-order valence-electron chi connectivity index (χ2n) is 5.63. The first-order valence-electron chi connectivity index (χ1n) is 7.72. The van der Waals surface area contributed by atoms with E-state index in [1.54, 1.807) is 48.5 Å². The molecule has 2 atom stereocenters. The van der Waals surface area contributed by atoms with Crippen molar-refractivity contribution < 1.29 is 28.8 Å². The predicted molar refractivity (Wildman–Crippen MR) is 88.8 cm³/mol. The summed E-state index contributed by atoms with van der Waals surface area (Å²) in [6.07, 6.45) is 0. The van der Waals surface area contributed by atoms with Crippen LogP contribution in [0.2, 0.25) is 0 Å². The standard InChI is InChI=1S/C18H14N2O6/c1-23-13-7-3-11(4-8-13)15(21)16-18(20(25-18)26-19-16)17(22)12-5-9-14(24-2)10-6-12/h3-10H,1-2H3/t18-,20?/m0/s1. The number of rotatable bonds is 6. The molecule has 1 fully saturated rings. The molecule has 0 N–H and O–H groups in total. The number of ketones is 2. The zero-order chi connectivity index (χ0) is 18.3. The number of hydrogen-bond acceptors (Lipinski definition) is 8. The van der Waals surface area contributed by atoms with Gasteiger partial charge in [0.25, 0.3) is 0 Å². The number of carbonyl (C=O) groups excluding carboxylic acids is 2. The highest BCUT2D eigenvalue weighted by molar-refractivity contribution is 6.53. The van der Waals surface area contributed by atoms with Crippen LogP contribution < -0.4 is 9.47 Å². The summed E-state index contributed by atoms with van der Waals surface area (Å²) in [5, 5.41) is 4.64. The highest BCUT2D eigenvalue weighted by Crippen LogP contribution is 2.44. The third kappa shape index (κ3) is 2.35. The average molecular weight is 354 g/mol. The van der Waals surface area contributed by atoms with Crippen molar-refractivity contribution in [2.24, 2.45) is 5.16 Å². The van der Waals surface area contributed by atoms with Gasteiger partial charge in [0.15, 0.2) is 5.71 Å². The molecule has 1 saturated heterocycles. The molecule has 0 aromatic heterocycles. The number of carbonyl (C=O) groups is 2. The van der Waals surface area contributed by atoms with Gasteiger partial charge in [-0.25, -0.2) is 4.84 Å². The smallest absolute Gasteiger partial charge is 0.319 e. The minimum Gasteiger partial charge on any atom is -0.497 e. The van der Waals surface area contributed by atoms with Crippen LogP contribution in [0.4, 0.5) is 0 Å². The van der Waals surface area contributed by atoms with Gasteiger partial charge in [-0.2, -0.15) is 0 Å². The first-order valence-corrected chi connectivity index (χ1v) is 7.72. The number of fused-ring (bicyclic) bond motifs is 1. The summed E-state index contributed by atoms with van der Waals surface area (Å²) in [5.41, 5.74) is -1.09. The molecule has 2 aliphatic rings. The third-order valence-corrected chi connectivity index (χ3v) is 4.19. The summed E-state index contributed by atoms with van der Waals surface area (Å²) >= 11 is 0. The number of hydrogen-bond donors (Lipinski definition) is 0. The van der Waals surface area contributed by atoms with Crippen LogP contribution in [0, 0.1) is 0 Å². The molecule has 8 heteroatoms. The highest BCUT2D eigenvalue weighted by Gasteiger charge is 2.74. The van der Waals surface area contributed by atoms with Gasteiger partial charge in [-0.3, -0.25) is 14.5 Å². The van der Waals surface area contributed by atoms with E-state index in [0.29, 0.717) is 22.6 Å². The lowest BCUT2D eigenvalue weighted by atomic mass is 9.93. The summed E-state index contributed by atoms with van der Waals surface area (Å²) in [4.78, 5) is 35.9. The fourth-order valence-corrected chi connectivity index (χ4v) is 2.69. The van der Waals surface area contributed by atoms with Crippen molar-refractivity contribution in [3.05, 3.63) is 59.7 Å². The Bertz CT molecular complexity index is 906. The monoisotopic (exact) mass is 354 g/mol. The number of nitrogens with zero attached hydrogens (tertiary/aromatic N) is 2. The summed E-state index contributed by atoms with van der Waals surface area (Å²) < 4.78 is 10.2. The van der Waals surface area contributed by atoms with Gasteiger partial charge in [0, 0.05) is 11.1 Å². The number of Topliss-reactive ketones (excluding diaryl/α,β-unsaturated/α-hetero) is 2. The van der Waals surface area contributed by atoms with Gasteiger partial charge in [0.2, 0.25) is 11.6 Å². The van der Waals surface area contributed by atoms with Crippen LogP contribution in [-0.4, -0.2) is 42.4 Å². The minimum absolute atomic E-state index is 0.122. The van der Waals surface area contributed by atoms with Crippen LogP contribution in [0.3, 0.4) is 0 Å². The number of methoxy groups -OCH3 is 2. The molecule has 132 valence electrons. The molecule has 0 bridgehead atoms. The fourth-order valence-electron chi connectivity index (χ4n) is 2.69. The summed E-state index contributed by atoms with van der Waals surface area (Å²) in [6.45, 7) is 0. The lowest BCUT2D eigenvalue weighted by Crippen LogP contribution is -2.39. The van der Waals surface area contributed by atoms with E-state index in [9.17, 15) is 9.59 Å². The normalized spacial score (nSPS) is 22.7. The van der Waals surface area contributed by atoms with E-state index >= 15 is 0 Å². The van der Waals surface area contributed by atoms with E-state index in [0.717, 1.165) is 5.23 Å². The second kappa shape index (κ2) is 5.94. The first-order chi connectivity index (χ1) is 12.6. The van der Waals surface area contributed by atoms with Crippen molar-refractivity contribution in [1.29, 1.82) is 0 Å². The molecule has 26 heavy (non-hydrogen) atoms. The van der Waals surface area contributed by atoms with Crippen molar-refractivity contribution in [1.82, 2.24) is 5.23 Å². The Labute approximate surface area is 148 Å². The minimum atomic E-state index is -1.65. The Kier molecular flexibility index (Phi) is 3.71. The van der Waals surface area contributed by atoms with Crippen molar-refractivity contribution >= 4 is 17.3 Å². The third-order valence-electron chi connectivity index (χ3n) is 4.19. The average Bonchev–Trinajstić information content (AvgIpc) is 3.32. The van der Waals surface area contributed by atoms with Gasteiger partial charge in [0.1, 0.15) is 11.5 Å². The van der Waals surface area contributed by atoms with Gasteiger partial charge in [-0.1, -0.05) is 5.16 Å². The second-order valence-corrected chi connectivity index (χ2v) is 5.63. The summed E-state index contributed by atoms with van der Waals surface area (Å²) in [7, 11) is 3.06. The maximum absolute atomic E-state index is 12.9. The zero-order valence-electron chi connectivity index (χ0n) is 14.0. The van der Waals surface area contributed by atoms with Crippen LogP contribution in [-0.2, 0) is 9.78 Å². The van der Waals surface area contributed by atoms with E-state index in [4.69, 9.17) is 19.2 Å². The maximum Gasteiger partial charge on any atom is 0.319 e. The molecule has 2 aromatic carbocycles. The van der Waals surface area contributed by atoms with Gasteiger partial charge >= 0.3 is 5.72 Å². The number of oxime groups is 1. The summed E-state index contributed by atoms with van der Waals surface area (Å²) in [6, 6.07) is 12.9. The molecule has 0 radical (unpaired) electrons. The van der Waals surface area contributed by atoms with Crippen LogP contribution >= 0.6 is 0 Å². The molecule has 2 aromatic rings. The van der Waals surface area contributed by atoms with Crippen molar-refractivity contribution in [2.75, 3.05) is 14.2 Å². The lowest BCUT2D eigenvalue weighted by Gasteiger charge is -2.08. The number of hydroxylamine groups is 2. The molecule has 0 spiro atoms. The molecule has 0 saturated carbocycles. The Morgan fingerprint density at radius 1 is 0.923 bits per heavy atom. The first kappa shape index (κ1) is 16.2. The molecule has 0 aliphatic carbocycles. The predicted octanol–water partition coefficient (Wildman–Crippen LogP) is 2.01. The van der Waals surface area contributed by atoms with Gasteiger partial charge in [0.05, 0.1) is 19.4 Å². The Balaban J connectivity index is 1.62. The SMILES string of the molecule is COc1ccc(C(=O)C2=NON3O[C@]23C(=O)c2ccc(OC)cc2)cc1. The van der Waals surface area contributed by atoms with Crippen molar-refractivity contribution in [3.63, 3.8) is 0 Å². The van der Waals surface area contributed by atoms with Crippen LogP contribution in [0.25, 0.3) is 0 Å². The molecule has 0 amide bonds.